The number of nitrogens with zero attached hydrogens (tertiary/aromatic N) is 2. The first kappa shape index (κ1) is 18.8. The second kappa shape index (κ2) is 7.73. The first-order valence-corrected chi connectivity index (χ1v) is 9.82. The number of rotatable bonds is 5. The maximum atomic E-state index is 11.9. The van der Waals surface area contributed by atoms with Crippen LogP contribution in [0.2, 0.25) is 0 Å². The lowest BCUT2D eigenvalue weighted by atomic mass is 9.99. The molecule has 1 heterocycles. The van der Waals surface area contributed by atoms with Crippen molar-refractivity contribution in [1.82, 2.24) is 4.57 Å². The maximum absolute atomic E-state index is 11.9. The van der Waals surface area contributed by atoms with E-state index < -0.39 is 5.97 Å². The molecule has 0 spiro atoms. The predicted molar refractivity (Wildman–Crippen MR) is 111 cm³/mol. The summed E-state index contributed by atoms with van der Waals surface area (Å²) in [5.74, 6) is -1.02. The largest absolute Gasteiger partial charge is 0.477 e. The SMILES string of the molecule is [C-]#[N+]c1c(-c2ccc(-c3ccccc3SC)cc2)c(C(=O)O)n(C)c1CC. The molecule has 0 fully saturated rings. The molecule has 0 aliphatic rings. The van der Waals surface area contributed by atoms with Gasteiger partial charge in [0.1, 0.15) is 5.69 Å². The third-order valence-corrected chi connectivity index (χ3v) is 5.52. The molecule has 0 saturated heterocycles. The van der Waals surface area contributed by atoms with Crippen molar-refractivity contribution in [2.75, 3.05) is 6.26 Å². The van der Waals surface area contributed by atoms with Crippen molar-refractivity contribution < 1.29 is 9.90 Å². The molecule has 0 amide bonds. The van der Waals surface area contributed by atoms with Crippen LogP contribution in [0.15, 0.2) is 53.4 Å². The average molecular weight is 376 g/mol. The maximum Gasteiger partial charge on any atom is 0.351 e. The molecule has 0 aliphatic carbocycles. The topological polar surface area (TPSA) is 46.6 Å². The quantitative estimate of drug-likeness (QED) is 0.446. The Hall–Kier alpha value is -2.97. The molecule has 1 N–H and O–H groups in total. The number of carbonyl (C=O) groups is 1. The highest BCUT2D eigenvalue weighted by atomic mass is 32.2. The van der Waals surface area contributed by atoms with Gasteiger partial charge in [-0.25, -0.2) is 9.64 Å². The zero-order valence-electron chi connectivity index (χ0n) is 15.5. The van der Waals surface area contributed by atoms with E-state index in [1.165, 1.54) is 4.90 Å². The average Bonchev–Trinajstić information content (AvgIpc) is 2.99. The van der Waals surface area contributed by atoms with Crippen LogP contribution in [0, 0.1) is 6.57 Å². The van der Waals surface area contributed by atoms with Gasteiger partial charge in [-0.15, -0.1) is 11.8 Å². The molecule has 0 unspecified atom stereocenters. The molecule has 3 rings (SSSR count). The van der Waals surface area contributed by atoms with E-state index in [1.54, 1.807) is 23.4 Å². The standard InChI is InChI=1S/C22H20N2O2S/c1-5-17-20(23-2)19(21(22(25)26)24(17)3)15-12-10-14(11-13-15)16-8-6-7-9-18(16)27-4/h6-13H,5H2,1,3-4H3,(H,25,26). The van der Waals surface area contributed by atoms with Crippen LogP contribution in [0.1, 0.15) is 23.1 Å². The number of hydrogen-bond acceptors (Lipinski definition) is 2. The van der Waals surface area contributed by atoms with Gasteiger partial charge >= 0.3 is 5.97 Å². The van der Waals surface area contributed by atoms with Gasteiger partial charge in [-0.2, -0.15) is 0 Å². The minimum absolute atomic E-state index is 0.162. The highest BCUT2D eigenvalue weighted by molar-refractivity contribution is 7.98. The lowest BCUT2D eigenvalue weighted by molar-refractivity contribution is 0.0687. The van der Waals surface area contributed by atoms with Crippen molar-refractivity contribution in [3.63, 3.8) is 0 Å². The summed E-state index contributed by atoms with van der Waals surface area (Å²) in [5, 5.41) is 9.71. The lowest BCUT2D eigenvalue weighted by Gasteiger charge is -2.09. The Balaban J connectivity index is 2.16. The third-order valence-electron chi connectivity index (χ3n) is 4.73. The van der Waals surface area contributed by atoms with Gasteiger partial charge in [0.25, 0.3) is 0 Å². The van der Waals surface area contributed by atoms with Gasteiger partial charge < -0.3 is 9.67 Å². The number of benzene rings is 2. The molecule has 27 heavy (non-hydrogen) atoms. The first-order valence-electron chi connectivity index (χ1n) is 8.59. The van der Waals surface area contributed by atoms with Crippen LogP contribution < -0.4 is 0 Å². The van der Waals surface area contributed by atoms with Crippen LogP contribution >= 0.6 is 11.8 Å². The Morgan fingerprint density at radius 2 is 1.78 bits per heavy atom. The normalized spacial score (nSPS) is 10.6. The highest BCUT2D eigenvalue weighted by Gasteiger charge is 2.25. The summed E-state index contributed by atoms with van der Waals surface area (Å²) < 4.78 is 1.63. The van der Waals surface area contributed by atoms with E-state index in [0.29, 0.717) is 17.7 Å². The Morgan fingerprint density at radius 3 is 2.33 bits per heavy atom. The molecule has 0 aliphatic heterocycles. The summed E-state index contributed by atoms with van der Waals surface area (Å²) in [6, 6.07) is 16.0. The van der Waals surface area contributed by atoms with Crippen LogP contribution in [0.5, 0.6) is 0 Å². The summed E-state index contributed by atoms with van der Waals surface area (Å²) in [6.45, 7) is 9.51. The predicted octanol–water partition coefficient (Wildman–Crippen LogP) is 5.89. The van der Waals surface area contributed by atoms with Gasteiger partial charge in [-0.05, 0) is 35.4 Å². The molecule has 1 aromatic heterocycles. The van der Waals surface area contributed by atoms with E-state index in [2.05, 4.69) is 17.0 Å². The van der Waals surface area contributed by atoms with E-state index in [-0.39, 0.29) is 5.69 Å². The van der Waals surface area contributed by atoms with Gasteiger partial charge in [0.2, 0.25) is 5.69 Å². The van der Waals surface area contributed by atoms with Crippen molar-refractivity contribution >= 4 is 23.4 Å². The lowest BCUT2D eigenvalue weighted by Crippen LogP contribution is -2.07. The molecular formula is C22H20N2O2S. The Morgan fingerprint density at radius 1 is 1.15 bits per heavy atom. The molecule has 0 saturated carbocycles. The minimum Gasteiger partial charge on any atom is -0.477 e. The van der Waals surface area contributed by atoms with Gasteiger partial charge in [-0.1, -0.05) is 49.4 Å². The van der Waals surface area contributed by atoms with Crippen LogP contribution in [-0.2, 0) is 13.5 Å². The van der Waals surface area contributed by atoms with Gasteiger partial charge in [0, 0.05) is 23.2 Å². The Kier molecular flexibility index (Phi) is 5.38. The van der Waals surface area contributed by atoms with E-state index >= 15 is 0 Å². The summed E-state index contributed by atoms with van der Waals surface area (Å²) in [5.41, 5.74) is 4.79. The summed E-state index contributed by atoms with van der Waals surface area (Å²) in [4.78, 5) is 16.7. The number of hydrogen-bond donors (Lipinski definition) is 1. The van der Waals surface area contributed by atoms with Crippen LogP contribution in [0.4, 0.5) is 5.69 Å². The fraction of sp³-hybridized carbons (Fsp3) is 0.182. The van der Waals surface area contributed by atoms with Crippen LogP contribution in [-0.4, -0.2) is 21.9 Å². The Bertz CT molecular complexity index is 1040. The molecule has 4 nitrogen and oxygen atoms in total. The summed E-state index contributed by atoms with van der Waals surface area (Å²) in [6.07, 6.45) is 2.65. The zero-order chi connectivity index (χ0) is 19.6. The van der Waals surface area contributed by atoms with Gasteiger partial charge in [0.15, 0.2) is 0 Å². The monoisotopic (exact) mass is 376 g/mol. The summed E-state index contributed by atoms with van der Waals surface area (Å²) >= 11 is 1.69. The molecule has 5 heteroatoms. The van der Waals surface area contributed by atoms with E-state index in [0.717, 1.165) is 22.4 Å². The molecule has 0 radical (unpaired) electrons. The number of aromatic carboxylic acids is 1. The molecule has 0 atom stereocenters. The van der Waals surface area contributed by atoms with Crippen molar-refractivity contribution in [3.8, 4) is 22.3 Å². The van der Waals surface area contributed by atoms with Crippen molar-refractivity contribution in [2.45, 2.75) is 18.2 Å². The fourth-order valence-corrected chi connectivity index (χ4v) is 4.09. The van der Waals surface area contributed by atoms with Gasteiger partial charge in [0.05, 0.1) is 6.57 Å². The van der Waals surface area contributed by atoms with Crippen molar-refractivity contribution in [2.24, 2.45) is 7.05 Å². The fourth-order valence-electron chi connectivity index (χ4n) is 3.47. The second-order valence-corrected chi connectivity index (χ2v) is 6.97. The van der Waals surface area contributed by atoms with Crippen molar-refractivity contribution in [3.05, 3.63) is 71.3 Å². The second-order valence-electron chi connectivity index (χ2n) is 6.13. The number of aromatic nitrogens is 1. The molecule has 136 valence electrons. The van der Waals surface area contributed by atoms with E-state index in [9.17, 15) is 9.90 Å². The van der Waals surface area contributed by atoms with E-state index in [4.69, 9.17) is 6.57 Å². The number of thioether (sulfide) groups is 1. The zero-order valence-corrected chi connectivity index (χ0v) is 16.3. The van der Waals surface area contributed by atoms with Crippen LogP contribution in [0.3, 0.4) is 0 Å². The Labute approximate surface area is 163 Å². The van der Waals surface area contributed by atoms with E-state index in [1.807, 2.05) is 49.6 Å². The van der Waals surface area contributed by atoms with Gasteiger partial charge in [-0.3, -0.25) is 0 Å². The smallest absolute Gasteiger partial charge is 0.351 e. The first-order chi connectivity index (χ1) is 13.0. The van der Waals surface area contributed by atoms with Crippen LogP contribution in [0.25, 0.3) is 27.1 Å². The minimum atomic E-state index is -1.02. The highest BCUT2D eigenvalue weighted by Crippen LogP contribution is 2.40. The molecule has 3 aromatic rings. The third kappa shape index (κ3) is 3.24. The molecular weight excluding hydrogens is 356 g/mol. The summed E-state index contributed by atoms with van der Waals surface area (Å²) in [7, 11) is 1.71. The number of carboxylic acid groups (broad SMARTS) is 1. The number of carboxylic acids is 1. The molecule has 2 aromatic carbocycles. The molecule has 0 bridgehead atoms. The van der Waals surface area contributed by atoms with Crippen molar-refractivity contribution in [1.29, 1.82) is 0 Å².